The molecule has 0 aromatic heterocycles. The van der Waals surface area contributed by atoms with Crippen molar-refractivity contribution in [3.63, 3.8) is 0 Å². The van der Waals surface area contributed by atoms with Crippen LogP contribution in [0.25, 0.3) is 5.70 Å². The predicted octanol–water partition coefficient (Wildman–Crippen LogP) is 5.15. The van der Waals surface area contributed by atoms with E-state index < -0.39 is 5.97 Å². The molecule has 0 saturated carbocycles. The number of carbonyl (C=O) groups is 1. The summed E-state index contributed by atoms with van der Waals surface area (Å²) in [6.45, 7) is 8.75. The molecule has 154 valence electrons. The van der Waals surface area contributed by atoms with Crippen molar-refractivity contribution in [2.24, 2.45) is 4.99 Å². The molecular formula is C20H27Cl2FN4O. The highest BCUT2D eigenvalue weighted by molar-refractivity contribution is 6.43. The maximum Gasteiger partial charge on any atom is 0.317 e. The summed E-state index contributed by atoms with van der Waals surface area (Å²) in [5, 5.41) is 3.50. The molecule has 8 heteroatoms. The van der Waals surface area contributed by atoms with E-state index in [0.717, 1.165) is 25.9 Å². The number of hydrogen-bond acceptors (Lipinski definition) is 3. The molecule has 28 heavy (non-hydrogen) atoms. The quantitative estimate of drug-likeness (QED) is 0.659. The minimum atomic E-state index is -0.612. The molecule has 0 radical (unpaired) electrons. The standard InChI is InChI=1S/C20H27Cl2FN4O/c1-12(24-14(3)23)16-6-7-17(19(22)18(16)21)13(2)25-20(28)27(5)15-8-10-26(4)11-9-15/h6-7,13,15H,1,8-11H2,2-5H3,(H,25,28). The largest absolute Gasteiger partial charge is 0.331 e. The van der Waals surface area contributed by atoms with Crippen molar-refractivity contribution in [3.05, 3.63) is 39.9 Å². The van der Waals surface area contributed by atoms with Gasteiger partial charge >= 0.3 is 6.03 Å². The second kappa shape index (κ2) is 9.72. The van der Waals surface area contributed by atoms with Crippen molar-refractivity contribution >= 4 is 40.9 Å². The van der Waals surface area contributed by atoms with Gasteiger partial charge in [0.25, 0.3) is 0 Å². The Hall–Kier alpha value is -1.63. The zero-order valence-electron chi connectivity index (χ0n) is 16.7. The molecule has 1 saturated heterocycles. The van der Waals surface area contributed by atoms with Crippen LogP contribution in [0.5, 0.6) is 0 Å². The smallest absolute Gasteiger partial charge is 0.317 e. The van der Waals surface area contributed by atoms with Gasteiger partial charge in [-0.25, -0.2) is 9.79 Å². The molecule has 1 fully saturated rings. The second-order valence-corrected chi connectivity index (χ2v) is 7.96. The minimum absolute atomic E-state index is 0.152. The Morgan fingerprint density at radius 2 is 1.96 bits per heavy atom. The third-order valence-corrected chi connectivity index (χ3v) is 5.97. The van der Waals surface area contributed by atoms with Crippen LogP contribution >= 0.6 is 23.2 Å². The molecule has 1 aliphatic heterocycles. The number of carbonyl (C=O) groups excluding carboxylic acids is 1. The summed E-state index contributed by atoms with van der Waals surface area (Å²) in [7, 11) is 3.90. The van der Waals surface area contributed by atoms with Crippen LogP contribution in [0.4, 0.5) is 9.18 Å². The zero-order chi connectivity index (χ0) is 21.0. The number of aliphatic imine (C=N–C) groups is 1. The number of amides is 2. The first-order valence-electron chi connectivity index (χ1n) is 9.21. The van der Waals surface area contributed by atoms with Gasteiger partial charge in [0.1, 0.15) is 0 Å². The Kier molecular flexibility index (Phi) is 7.87. The van der Waals surface area contributed by atoms with Crippen molar-refractivity contribution < 1.29 is 9.18 Å². The number of nitrogens with one attached hydrogen (secondary N) is 1. The number of rotatable bonds is 5. The zero-order valence-corrected chi connectivity index (χ0v) is 18.2. The highest BCUT2D eigenvalue weighted by atomic mass is 35.5. The van der Waals surface area contributed by atoms with Gasteiger partial charge in [0.15, 0.2) is 5.97 Å². The molecule has 1 N–H and O–H groups in total. The van der Waals surface area contributed by atoms with E-state index in [1.807, 2.05) is 14.0 Å². The second-order valence-electron chi connectivity index (χ2n) is 7.20. The molecule has 1 atom stereocenters. The van der Waals surface area contributed by atoms with Crippen LogP contribution in [0.2, 0.25) is 10.0 Å². The summed E-state index contributed by atoms with van der Waals surface area (Å²) in [6, 6.07) is 3.15. The highest BCUT2D eigenvalue weighted by Crippen LogP contribution is 2.36. The van der Waals surface area contributed by atoms with Crippen molar-refractivity contribution in [1.29, 1.82) is 0 Å². The Balaban J connectivity index is 2.10. The van der Waals surface area contributed by atoms with Crippen molar-refractivity contribution in [2.75, 3.05) is 27.2 Å². The third-order valence-electron chi connectivity index (χ3n) is 5.07. The molecule has 2 amide bonds. The van der Waals surface area contributed by atoms with Crippen LogP contribution in [0.1, 0.15) is 43.9 Å². The van der Waals surface area contributed by atoms with E-state index in [1.54, 1.807) is 17.0 Å². The molecule has 0 aliphatic carbocycles. The van der Waals surface area contributed by atoms with E-state index in [1.165, 1.54) is 6.92 Å². The molecule has 0 spiro atoms. The van der Waals surface area contributed by atoms with Crippen LogP contribution in [0.3, 0.4) is 0 Å². The number of likely N-dealkylation sites (tertiary alicyclic amines) is 1. The van der Waals surface area contributed by atoms with E-state index in [0.29, 0.717) is 16.1 Å². The Labute approximate surface area is 176 Å². The summed E-state index contributed by atoms with van der Waals surface area (Å²) >= 11 is 12.8. The Bertz CT molecular complexity index is 772. The highest BCUT2D eigenvalue weighted by Gasteiger charge is 2.25. The fraction of sp³-hybridized carbons (Fsp3) is 0.500. The van der Waals surface area contributed by atoms with E-state index in [-0.39, 0.29) is 28.8 Å². The summed E-state index contributed by atoms with van der Waals surface area (Å²) in [5.74, 6) is -0.612. The van der Waals surface area contributed by atoms with Crippen molar-refractivity contribution in [2.45, 2.75) is 38.8 Å². The van der Waals surface area contributed by atoms with E-state index in [2.05, 4.69) is 28.8 Å². The first-order chi connectivity index (χ1) is 13.1. The van der Waals surface area contributed by atoms with Crippen LogP contribution < -0.4 is 5.32 Å². The topological polar surface area (TPSA) is 47.9 Å². The van der Waals surface area contributed by atoms with E-state index in [4.69, 9.17) is 23.2 Å². The molecule has 1 unspecified atom stereocenters. The monoisotopic (exact) mass is 428 g/mol. The van der Waals surface area contributed by atoms with Crippen LogP contribution in [0.15, 0.2) is 23.7 Å². The number of halogens is 3. The lowest BCUT2D eigenvalue weighted by Crippen LogP contribution is -2.48. The average Bonchev–Trinajstić information content (AvgIpc) is 2.63. The van der Waals surface area contributed by atoms with Gasteiger partial charge in [-0.15, -0.1) is 0 Å². The summed E-state index contributed by atoms with van der Waals surface area (Å²) in [5.41, 5.74) is 1.32. The first-order valence-corrected chi connectivity index (χ1v) is 9.97. The maximum absolute atomic E-state index is 13.0. The number of urea groups is 1. The van der Waals surface area contributed by atoms with Crippen molar-refractivity contribution in [1.82, 2.24) is 15.1 Å². The molecule has 1 aliphatic rings. The first kappa shape index (κ1) is 22.7. The van der Waals surface area contributed by atoms with Gasteiger partial charge in [0.2, 0.25) is 0 Å². The normalized spacial score (nSPS) is 17.3. The van der Waals surface area contributed by atoms with Crippen LogP contribution in [-0.2, 0) is 0 Å². The van der Waals surface area contributed by atoms with Gasteiger partial charge in [-0.3, -0.25) is 0 Å². The lowest BCUT2D eigenvalue weighted by Gasteiger charge is -2.35. The SMILES string of the molecule is C=C(N=C(C)F)c1ccc(C(C)NC(=O)N(C)C2CCN(C)CC2)c(Cl)c1Cl. The van der Waals surface area contributed by atoms with Crippen molar-refractivity contribution in [3.8, 4) is 0 Å². The van der Waals surface area contributed by atoms with Gasteiger partial charge < -0.3 is 15.1 Å². The van der Waals surface area contributed by atoms with E-state index >= 15 is 0 Å². The third kappa shape index (κ3) is 5.46. The minimum Gasteiger partial charge on any atom is -0.331 e. The predicted molar refractivity (Wildman–Crippen MR) is 115 cm³/mol. The van der Waals surface area contributed by atoms with Crippen LogP contribution in [-0.4, -0.2) is 55.0 Å². The number of piperidine rings is 1. The lowest BCUT2D eigenvalue weighted by molar-refractivity contribution is 0.146. The lowest BCUT2D eigenvalue weighted by atomic mass is 10.0. The van der Waals surface area contributed by atoms with Gasteiger partial charge in [0, 0.05) is 25.6 Å². The van der Waals surface area contributed by atoms with Crippen LogP contribution in [0, 0.1) is 0 Å². The molecule has 2 rings (SSSR count). The molecule has 0 bridgehead atoms. The molecule has 1 heterocycles. The molecule has 1 aromatic carbocycles. The molecule has 1 aromatic rings. The van der Waals surface area contributed by atoms with Gasteiger partial charge in [-0.05, 0) is 45.5 Å². The number of benzene rings is 1. The summed E-state index contributed by atoms with van der Waals surface area (Å²) in [6.07, 6.45) is 1.90. The van der Waals surface area contributed by atoms with Gasteiger partial charge in [0.05, 0.1) is 21.8 Å². The fourth-order valence-corrected chi connectivity index (χ4v) is 3.89. The Morgan fingerprint density at radius 3 is 2.54 bits per heavy atom. The summed E-state index contributed by atoms with van der Waals surface area (Å²) < 4.78 is 13.0. The number of hydrogen-bond donors (Lipinski definition) is 1. The molecular weight excluding hydrogens is 402 g/mol. The Morgan fingerprint density at radius 1 is 1.36 bits per heavy atom. The summed E-state index contributed by atoms with van der Waals surface area (Å²) in [4.78, 5) is 20.4. The van der Waals surface area contributed by atoms with Gasteiger partial charge in [-0.2, -0.15) is 4.39 Å². The van der Waals surface area contributed by atoms with E-state index in [9.17, 15) is 9.18 Å². The maximum atomic E-state index is 13.0. The van der Waals surface area contributed by atoms with Gasteiger partial charge in [-0.1, -0.05) is 41.9 Å². The number of nitrogens with zero attached hydrogens (tertiary/aromatic N) is 3. The fourth-order valence-electron chi connectivity index (χ4n) is 3.28. The average molecular weight is 429 g/mol. The molecule has 5 nitrogen and oxygen atoms in total.